The number of nitrogens with one attached hydrogen (secondary N) is 1. The maximum atomic E-state index is 7.46. The second-order valence-corrected chi connectivity index (χ2v) is 3.25. The Bertz CT molecular complexity index is 167. The highest BCUT2D eigenvalue weighted by Crippen LogP contribution is 1.95. The minimum atomic E-state index is -0.100. The van der Waals surface area contributed by atoms with Crippen LogP contribution in [0, 0.1) is 5.41 Å². The van der Waals surface area contributed by atoms with Crippen LogP contribution < -0.4 is 5.73 Å². The molecule has 0 aliphatic rings. The second kappa shape index (κ2) is 5.89. The summed E-state index contributed by atoms with van der Waals surface area (Å²) in [5.74, 6) is 0. The maximum absolute atomic E-state index is 7.46. The van der Waals surface area contributed by atoms with Gasteiger partial charge in [0, 0.05) is 24.0 Å². The van der Waals surface area contributed by atoms with Crippen LogP contribution in [0.4, 0.5) is 0 Å². The standard InChI is InChI=1S/C9H19N3/c1-7(2)12-6-4-5-9(11)8(3)10/h8,11H,4-6,10H2,1-3H3. The summed E-state index contributed by atoms with van der Waals surface area (Å²) in [6.07, 6.45) is 1.71. The molecular weight excluding hydrogens is 150 g/mol. The van der Waals surface area contributed by atoms with Crippen LogP contribution in [0.3, 0.4) is 0 Å². The molecule has 0 saturated heterocycles. The molecule has 0 aliphatic carbocycles. The fourth-order valence-electron chi connectivity index (χ4n) is 0.800. The normalized spacial score (nSPS) is 12.3. The molecule has 1 atom stereocenters. The van der Waals surface area contributed by atoms with Crippen molar-refractivity contribution in [1.82, 2.24) is 0 Å². The van der Waals surface area contributed by atoms with E-state index < -0.39 is 0 Å². The number of rotatable bonds is 5. The predicted molar refractivity (Wildman–Crippen MR) is 54.3 cm³/mol. The Kier molecular flexibility index (Phi) is 5.54. The Hall–Kier alpha value is -0.700. The van der Waals surface area contributed by atoms with Crippen molar-refractivity contribution in [3.05, 3.63) is 0 Å². The molecular formula is C9H19N3. The molecule has 0 aromatic heterocycles. The second-order valence-electron chi connectivity index (χ2n) is 3.25. The summed E-state index contributed by atoms with van der Waals surface area (Å²) >= 11 is 0. The van der Waals surface area contributed by atoms with Crippen LogP contribution in [0.2, 0.25) is 0 Å². The lowest BCUT2D eigenvalue weighted by Crippen LogP contribution is -2.25. The first kappa shape index (κ1) is 11.3. The lowest BCUT2D eigenvalue weighted by molar-refractivity contribution is 0.831. The Morgan fingerprint density at radius 3 is 2.50 bits per heavy atom. The van der Waals surface area contributed by atoms with Crippen molar-refractivity contribution in [1.29, 1.82) is 5.41 Å². The van der Waals surface area contributed by atoms with Crippen LogP contribution >= 0.6 is 0 Å². The van der Waals surface area contributed by atoms with E-state index >= 15 is 0 Å². The topological polar surface area (TPSA) is 62.2 Å². The van der Waals surface area contributed by atoms with E-state index in [9.17, 15) is 0 Å². The molecule has 3 nitrogen and oxygen atoms in total. The molecule has 0 radical (unpaired) electrons. The molecule has 0 aromatic carbocycles. The number of aliphatic imine (C=N–C) groups is 1. The monoisotopic (exact) mass is 169 g/mol. The Morgan fingerprint density at radius 2 is 2.08 bits per heavy atom. The molecule has 1 unspecified atom stereocenters. The van der Waals surface area contributed by atoms with Gasteiger partial charge in [-0.2, -0.15) is 0 Å². The molecule has 70 valence electrons. The van der Waals surface area contributed by atoms with Crippen LogP contribution in [-0.2, 0) is 0 Å². The highest BCUT2D eigenvalue weighted by atomic mass is 14.7. The Labute approximate surface area is 74.6 Å². The molecule has 0 aliphatic heterocycles. The van der Waals surface area contributed by atoms with E-state index in [2.05, 4.69) is 4.99 Å². The summed E-state index contributed by atoms with van der Waals surface area (Å²) in [7, 11) is 0. The lowest BCUT2D eigenvalue weighted by Gasteiger charge is -2.05. The van der Waals surface area contributed by atoms with Gasteiger partial charge in [0.05, 0.1) is 0 Å². The van der Waals surface area contributed by atoms with E-state index in [1.54, 1.807) is 0 Å². The highest BCUT2D eigenvalue weighted by molar-refractivity contribution is 5.86. The van der Waals surface area contributed by atoms with E-state index in [-0.39, 0.29) is 6.04 Å². The van der Waals surface area contributed by atoms with Crippen molar-refractivity contribution in [3.63, 3.8) is 0 Å². The van der Waals surface area contributed by atoms with Gasteiger partial charge in [0.1, 0.15) is 0 Å². The Balaban J connectivity index is 3.45. The summed E-state index contributed by atoms with van der Waals surface area (Å²) in [6.45, 7) is 6.63. The van der Waals surface area contributed by atoms with Gasteiger partial charge in [0.15, 0.2) is 0 Å². The number of nitrogens with zero attached hydrogens (tertiary/aromatic N) is 1. The summed E-state index contributed by atoms with van der Waals surface area (Å²) in [5, 5.41) is 7.46. The van der Waals surface area contributed by atoms with Gasteiger partial charge < -0.3 is 11.1 Å². The molecule has 0 bridgehead atoms. The summed E-state index contributed by atoms with van der Waals surface area (Å²) < 4.78 is 0. The van der Waals surface area contributed by atoms with Crippen LogP contribution in [0.15, 0.2) is 4.99 Å². The first-order valence-corrected chi connectivity index (χ1v) is 4.34. The first-order chi connectivity index (χ1) is 5.54. The molecule has 0 aromatic rings. The number of hydrogen-bond donors (Lipinski definition) is 2. The third-order valence-corrected chi connectivity index (χ3v) is 1.58. The quantitative estimate of drug-likeness (QED) is 0.476. The largest absolute Gasteiger partial charge is 0.323 e. The summed E-state index contributed by atoms with van der Waals surface area (Å²) in [5.41, 5.74) is 7.24. The van der Waals surface area contributed by atoms with Crippen molar-refractivity contribution in [2.45, 2.75) is 39.7 Å². The summed E-state index contributed by atoms with van der Waals surface area (Å²) in [6, 6.07) is -0.100. The van der Waals surface area contributed by atoms with Crippen LogP contribution in [0.25, 0.3) is 0 Å². The van der Waals surface area contributed by atoms with Crippen molar-refractivity contribution in [3.8, 4) is 0 Å². The average Bonchev–Trinajstić information content (AvgIpc) is 1.97. The molecule has 0 spiro atoms. The predicted octanol–water partition coefficient (Wildman–Crippen LogP) is 1.61. The van der Waals surface area contributed by atoms with Gasteiger partial charge in [0.25, 0.3) is 0 Å². The van der Waals surface area contributed by atoms with E-state index in [1.165, 1.54) is 0 Å². The lowest BCUT2D eigenvalue weighted by atomic mass is 10.1. The van der Waals surface area contributed by atoms with Crippen molar-refractivity contribution in [2.24, 2.45) is 10.7 Å². The van der Waals surface area contributed by atoms with E-state index in [0.717, 1.165) is 25.1 Å². The van der Waals surface area contributed by atoms with Gasteiger partial charge in [-0.05, 0) is 33.6 Å². The zero-order valence-electron chi connectivity index (χ0n) is 8.22. The molecule has 0 rings (SSSR count). The van der Waals surface area contributed by atoms with Gasteiger partial charge >= 0.3 is 0 Å². The zero-order chi connectivity index (χ0) is 9.56. The molecule has 0 amide bonds. The zero-order valence-corrected chi connectivity index (χ0v) is 8.22. The van der Waals surface area contributed by atoms with Crippen LogP contribution in [-0.4, -0.2) is 24.0 Å². The average molecular weight is 169 g/mol. The fourth-order valence-corrected chi connectivity index (χ4v) is 0.800. The third-order valence-electron chi connectivity index (χ3n) is 1.58. The Morgan fingerprint density at radius 1 is 1.50 bits per heavy atom. The van der Waals surface area contributed by atoms with Gasteiger partial charge in [-0.25, -0.2) is 0 Å². The van der Waals surface area contributed by atoms with E-state index in [4.69, 9.17) is 11.1 Å². The van der Waals surface area contributed by atoms with E-state index in [0.29, 0.717) is 5.71 Å². The molecule has 0 saturated carbocycles. The smallest absolute Gasteiger partial charge is 0.0394 e. The highest BCUT2D eigenvalue weighted by Gasteiger charge is 2.01. The number of nitrogens with two attached hydrogens (primary N) is 1. The molecule has 0 heterocycles. The van der Waals surface area contributed by atoms with Gasteiger partial charge in [0.2, 0.25) is 0 Å². The van der Waals surface area contributed by atoms with Gasteiger partial charge in [-0.1, -0.05) is 0 Å². The SMILES string of the molecule is CC(C)=NCCCC(=N)C(C)N. The van der Waals surface area contributed by atoms with E-state index in [1.807, 2.05) is 20.8 Å². The van der Waals surface area contributed by atoms with Crippen LogP contribution in [0.1, 0.15) is 33.6 Å². The molecule has 0 fully saturated rings. The minimum Gasteiger partial charge on any atom is -0.323 e. The minimum absolute atomic E-state index is 0.100. The molecule has 3 heteroatoms. The fraction of sp³-hybridized carbons (Fsp3) is 0.778. The number of hydrogen-bond acceptors (Lipinski definition) is 3. The third kappa shape index (κ3) is 6.04. The summed E-state index contributed by atoms with van der Waals surface area (Å²) in [4.78, 5) is 4.24. The van der Waals surface area contributed by atoms with Crippen molar-refractivity contribution in [2.75, 3.05) is 6.54 Å². The molecule has 12 heavy (non-hydrogen) atoms. The van der Waals surface area contributed by atoms with Crippen molar-refractivity contribution >= 4 is 11.4 Å². The van der Waals surface area contributed by atoms with Gasteiger partial charge in [-0.15, -0.1) is 0 Å². The van der Waals surface area contributed by atoms with Gasteiger partial charge in [-0.3, -0.25) is 4.99 Å². The van der Waals surface area contributed by atoms with Crippen LogP contribution in [0.5, 0.6) is 0 Å². The first-order valence-electron chi connectivity index (χ1n) is 4.34. The molecule has 3 N–H and O–H groups in total. The van der Waals surface area contributed by atoms with Crippen molar-refractivity contribution < 1.29 is 0 Å². The maximum Gasteiger partial charge on any atom is 0.0394 e.